The van der Waals surface area contributed by atoms with Gasteiger partial charge in [0, 0.05) is 36.1 Å². The summed E-state index contributed by atoms with van der Waals surface area (Å²) in [6, 6.07) is 5.77. The summed E-state index contributed by atoms with van der Waals surface area (Å²) in [4.78, 5) is 29.4. The maximum absolute atomic E-state index is 12.3. The minimum Gasteiger partial charge on any atom is -0.465 e. The molecule has 0 atom stereocenters. The summed E-state index contributed by atoms with van der Waals surface area (Å²) in [5, 5.41) is 12.3. The zero-order chi connectivity index (χ0) is 26.0. The van der Waals surface area contributed by atoms with Gasteiger partial charge in [-0.25, -0.2) is 17.5 Å². The van der Waals surface area contributed by atoms with Crippen molar-refractivity contribution in [3.8, 4) is 11.1 Å². The second-order valence-corrected chi connectivity index (χ2v) is 12.4. The molecule has 0 bridgehead atoms. The fourth-order valence-electron chi connectivity index (χ4n) is 4.89. The van der Waals surface area contributed by atoms with E-state index in [1.807, 2.05) is 30.6 Å². The van der Waals surface area contributed by atoms with Crippen LogP contribution in [0.2, 0.25) is 0 Å². The van der Waals surface area contributed by atoms with Gasteiger partial charge in [0.25, 0.3) is 5.91 Å². The second kappa shape index (κ2) is 10.6. The van der Waals surface area contributed by atoms with E-state index in [4.69, 9.17) is 5.73 Å². The second-order valence-electron chi connectivity index (χ2n) is 9.13. The van der Waals surface area contributed by atoms with Crippen molar-refractivity contribution in [2.45, 2.75) is 45.6 Å². The van der Waals surface area contributed by atoms with Gasteiger partial charge in [0.2, 0.25) is 10.0 Å². The van der Waals surface area contributed by atoms with Gasteiger partial charge in [0.05, 0.1) is 23.4 Å². The Hall–Kier alpha value is -2.89. The molecular formula is C25H32N4O5S2. The molecule has 1 aromatic carbocycles. The highest BCUT2D eigenvalue weighted by Gasteiger charge is 2.29. The van der Waals surface area contributed by atoms with Crippen LogP contribution in [0, 0.1) is 0 Å². The number of nitrogens with one attached hydrogen (secondary N) is 1. The zero-order valence-corrected chi connectivity index (χ0v) is 22.1. The van der Waals surface area contributed by atoms with Gasteiger partial charge in [0.1, 0.15) is 0 Å². The molecule has 1 aliphatic rings. The van der Waals surface area contributed by atoms with E-state index in [2.05, 4.69) is 4.98 Å². The van der Waals surface area contributed by atoms with E-state index < -0.39 is 22.0 Å². The minimum absolute atomic E-state index is 0.0986. The number of primary amides is 1. The van der Waals surface area contributed by atoms with E-state index >= 15 is 0 Å². The minimum atomic E-state index is -3.21. The lowest BCUT2D eigenvalue weighted by atomic mass is 9.88. The quantitative estimate of drug-likeness (QED) is 0.375. The topological polar surface area (TPSA) is 137 Å². The Labute approximate surface area is 214 Å². The summed E-state index contributed by atoms with van der Waals surface area (Å²) >= 11 is 1.48. The molecule has 4 N–H and O–H groups in total. The number of hydrogen-bond acceptors (Lipinski definition) is 5. The first-order valence-electron chi connectivity index (χ1n) is 12.1. The van der Waals surface area contributed by atoms with E-state index in [1.165, 1.54) is 16.2 Å². The van der Waals surface area contributed by atoms with Crippen LogP contribution >= 0.6 is 11.3 Å². The molecule has 3 heterocycles. The van der Waals surface area contributed by atoms with E-state index in [0.29, 0.717) is 50.1 Å². The predicted octanol–water partition coefficient (Wildman–Crippen LogP) is 4.41. The molecule has 1 fully saturated rings. The zero-order valence-electron chi connectivity index (χ0n) is 20.5. The molecule has 0 saturated carbocycles. The normalized spacial score (nSPS) is 15.4. The van der Waals surface area contributed by atoms with Gasteiger partial charge in [0.15, 0.2) is 0 Å². The van der Waals surface area contributed by atoms with E-state index in [-0.39, 0.29) is 11.7 Å². The lowest BCUT2D eigenvalue weighted by Crippen LogP contribution is -2.38. The standard InChI is InChI=1S/C25H32N4O5S2/c1-3-7-28(25(31)32)14-19-10-18(15-35-19)17-11-20-22(13-27-23(20)21(12-17)24(26)30)16-5-8-29(9-6-16)36(33,34)4-2/h10-13,15-16,27H,3-9,14H2,1-2H3,(H2,26,30)(H,31,32). The van der Waals surface area contributed by atoms with Gasteiger partial charge in [-0.2, -0.15) is 0 Å². The van der Waals surface area contributed by atoms with Gasteiger partial charge in [-0.05, 0) is 72.4 Å². The summed E-state index contributed by atoms with van der Waals surface area (Å²) in [5.74, 6) is -0.273. The average Bonchev–Trinajstić information content (AvgIpc) is 3.50. The highest BCUT2D eigenvalue weighted by molar-refractivity contribution is 7.89. The number of aromatic nitrogens is 1. The lowest BCUT2D eigenvalue weighted by Gasteiger charge is -2.31. The van der Waals surface area contributed by atoms with Crippen molar-refractivity contribution in [1.29, 1.82) is 0 Å². The monoisotopic (exact) mass is 532 g/mol. The van der Waals surface area contributed by atoms with Crippen LogP contribution in [0.4, 0.5) is 4.79 Å². The summed E-state index contributed by atoms with van der Waals surface area (Å²) < 4.78 is 26.1. The van der Waals surface area contributed by atoms with Crippen LogP contribution in [0.3, 0.4) is 0 Å². The molecule has 2 amide bonds. The van der Waals surface area contributed by atoms with Gasteiger partial charge < -0.3 is 20.7 Å². The van der Waals surface area contributed by atoms with Crippen LogP contribution in [-0.2, 0) is 16.6 Å². The Balaban J connectivity index is 1.66. The molecule has 0 aliphatic carbocycles. The number of piperidine rings is 1. The molecule has 0 radical (unpaired) electrons. The fourth-order valence-corrected chi connectivity index (χ4v) is 6.93. The summed E-state index contributed by atoms with van der Waals surface area (Å²) in [7, 11) is -3.21. The van der Waals surface area contributed by atoms with Crippen molar-refractivity contribution in [2.24, 2.45) is 5.73 Å². The molecule has 9 nitrogen and oxygen atoms in total. The molecule has 3 aromatic rings. The number of carbonyl (C=O) groups is 2. The lowest BCUT2D eigenvalue weighted by molar-refractivity contribution is 0.100. The van der Waals surface area contributed by atoms with Gasteiger partial charge in [-0.15, -0.1) is 11.3 Å². The van der Waals surface area contributed by atoms with Gasteiger partial charge in [-0.1, -0.05) is 6.92 Å². The van der Waals surface area contributed by atoms with Crippen molar-refractivity contribution in [3.05, 3.63) is 45.8 Å². The number of carboxylic acid groups (broad SMARTS) is 1. The number of thiophene rings is 1. The Morgan fingerprint density at radius 1 is 1.19 bits per heavy atom. The third-order valence-corrected chi connectivity index (χ3v) is 9.64. The first kappa shape index (κ1) is 26.2. The largest absolute Gasteiger partial charge is 0.465 e. The number of rotatable bonds is 9. The van der Waals surface area contributed by atoms with Gasteiger partial charge >= 0.3 is 6.09 Å². The predicted molar refractivity (Wildman–Crippen MR) is 142 cm³/mol. The highest BCUT2D eigenvalue weighted by atomic mass is 32.2. The molecule has 4 rings (SSSR count). The Kier molecular flexibility index (Phi) is 7.72. The number of nitrogens with zero attached hydrogens (tertiary/aromatic N) is 2. The first-order valence-corrected chi connectivity index (χ1v) is 14.6. The van der Waals surface area contributed by atoms with E-state index in [1.54, 1.807) is 17.3 Å². The number of benzene rings is 1. The number of nitrogens with two attached hydrogens (primary N) is 1. The Bertz CT molecular complexity index is 1370. The highest BCUT2D eigenvalue weighted by Crippen LogP contribution is 2.38. The van der Waals surface area contributed by atoms with Crippen LogP contribution in [0.25, 0.3) is 22.0 Å². The number of H-pyrrole nitrogens is 1. The molecule has 0 spiro atoms. The summed E-state index contributed by atoms with van der Waals surface area (Å²) in [6.45, 7) is 5.33. The maximum atomic E-state index is 12.3. The molecule has 11 heteroatoms. The molecule has 36 heavy (non-hydrogen) atoms. The average molecular weight is 533 g/mol. The number of hydrogen-bond donors (Lipinski definition) is 3. The van der Waals surface area contributed by atoms with Crippen LogP contribution in [0.5, 0.6) is 0 Å². The number of carbonyl (C=O) groups excluding carboxylic acids is 1. The number of fused-ring (bicyclic) bond motifs is 1. The Morgan fingerprint density at radius 2 is 1.92 bits per heavy atom. The molecule has 194 valence electrons. The number of aromatic amines is 1. The smallest absolute Gasteiger partial charge is 0.407 e. The number of amides is 2. The van der Waals surface area contributed by atoms with Crippen molar-refractivity contribution < 1.29 is 23.1 Å². The third-order valence-electron chi connectivity index (χ3n) is 6.84. The van der Waals surface area contributed by atoms with Crippen LogP contribution in [0.15, 0.2) is 29.8 Å². The van der Waals surface area contributed by atoms with Crippen molar-refractivity contribution in [3.63, 3.8) is 0 Å². The SMILES string of the molecule is CCCN(Cc1cc(-c2cc(C(N)=O)c3[nH]cc(C4CCN(S(=O)(=O)CC)CC4)c3c2)cs1)C(=O)O. The van der Waals surface area contributed by atoms with E-state index in [9.17, 15) is 23.1 Å². The van der Waals surface area contributed by atoms with Crippen molar-refractivity contribution in [2.75, 3.05) is 25.4 Å². The first-order chi connectivity index (χ1) is 17.1. The summed E-state index contributed by atoms with van der Waals surface area (Å²) in [5.41, 5.74) is 9.60. The Morgan fingerprint density at radius 3 is 2.53 bits per heavy atom. The van der Waals surface area contributed by atoms with Crippen LogP contribution < -0.4 is 5.73 Å². The molecule has 1 aliphatic heterocycles. The van der Waals surface area contributed by atoms with Crippen molar-refractivity contribution >= 4 is 44.3 Å². The maximum Gasteiger partial charge on any atom is 0.407 e. The molecule has 0 unspecified atom stereocenters. The molecule has 2 aromatic heterocycles. The van der Waals surface area contributed by atoms with Crippen LogP contribution in [-0.4, -0.2) is 65.1 Å². The number of sulfonamides is 1. The van der Waals surface area contributed by atoms with E-state index in [0.717, 1.165) is 33.4 Å². The molecular weight excluding hydrogens is 500 g/mol. The summed E-state index contributed by atoms with van der Waals surface area (Å²) in [6.07, 6.45) is 3.10. The van der Waals surface area contributed by atoms with Crippen LogP contribution in [0.1, 0.15) is 59.8 Å². The van der Waals surface area contributed by atoms with Crippen molar-refractivity contribution in [1.82, 2.24) is 14.2 Å². The molecule has 1 saturated heterocycles. The third kappa shape index (κ3) is 5.28. The fraction of sp³-hybridized carbons (Fsp3) is 0.440. The van der Waals surface area contributed by atoms with Gasteiger partial charge in [-0.3, -0.25) is 4.79 Å².